The van der Waals surface area contributed by atoms with Crippen LogP contribution in [-0.2, 0) is 16.6 Å². The highest BCUT2D eigenvalue weighted by Gasteiger charge is 2.23. The van der Waals surface area contributed by atoms with Gasteiger partial charge in [0.2, 0.25) is 0 Å². The summed E-state index contributed by atoms with van der Waals surface area (Å²) in [7, 11) is -1.76. The number of hydrogen-bond donors (Lipinski definition) is 1. The fourth-order valence-electron chi connectivity index (χ4n) is 4.43. The van der Waals surface area contributed by atoms with E-state index in [0.717, 1.165) is 25.0 Å². The number of pyridine rings is 1. The topological polar surface area (TPSA) is 82.6 Å². The van der Waals surface area contributed by atoms with Gasteiger partial charge in [-0.25, -0.2) is 8.42 Å². The summed E-state index contributed by atoms with van der Waals surface area (Å²) in [6.45, 7) is 3.83. The first-order valence-electron chi connectivity index (χ1n) is 11.9. The van der Waals surface area contributed by atoms with Gasteiger partial charge in [-0.3, -0.25) is 19.4 Å². The number of anilines is 1. The number of rotatable bonds is 6. The van der Waals surface area contributed by atoms with E-state index in [9.17, 15) is 13.2 Å². The number of fused-ring (bicyclic) bond motifs is 1. The zero-order valence-corrected chi connectivity index (χ0v) is 20.9. The Hall–Kier alpha value is -3.69. The lowest BCUT2D eigenvalue weighted by molar-refractivity contribution is 0.0628. The van der Waals surface area contributed by atoms with Crippen LogP contribution in [0, 0.1) is 0 Å². The van der Waals surface area contributed by atoms with E-state index in [1.165, 1.54) is 17.1 Å². The van der Waals surface area contributed by atoms with Crippen molar-refractivity contribution in [3.63, 3.8) is 0 Å². The number of hydrogen-bond acceptors (Lipinski definition) is 5. The zero-order chi connectivity index (χ0) is 25.1. The Morgan fingerprint density at radius 1 is 0.889 bits per heavy atom. The number of carbonyl (C=O) groups is 1. The molecule has 0 bridgehead atoms. The Balaban J connectivity index is 1.21. The minimum atomic E-state index is -3.84. The first kappa shape index (κ1) is 24.0. The van der Waals surface area contributed by atoms with Crippen molar-refractivity contribution < 1.29 is 13.2 Å². The molecule has 0 unspecified atom stereocenters. The van der Waals surface area contributed by atoms with Crippen molar-refractivity contribution in [3.05, 3.63) is 96.2 Å². The standard InChI is InChI=1S/C27H27BN4O3S/c28-23-10-6-20(7-11-23)19-31-15-17-32(18-16-31)27(33)22-8-12-24(13-9-22)30-36(34,35)25-5-1-3-21-4-2-14-29-26(21)25/h1-14,30H,15-19,28H2. The number of benzene rings is 3. The van der Waals surface area contributed by atoms with Crippen molar-refractivity contribution in [2.75, 3.05) is 30.9 Å². The molecule has 1 N–H and O–H groups in total. The SMILES string of the molecule is Bc1ccc(CN2CCN(C(=O)c3ccc(NS(=O)(=O)c4cccc5cccnc45)cc3)CC2)cc1. The maximum absolute atomic E-state index is 13.0. The Bertz CT molecular complexity index is 1480. The van der Waals surface area contributed by atoms with Crippen LogP contribution in [0.3, 0.4) is 0 Å². The molecule has 7 nitrogen and oxygen atoms in total. The highest BCUT2D eigenvalue weighted by atomic mass is 32.2. The molecule has 5 rings (SSSR count). The smallest absolute Gasteiger partial charge is 0.264 e. The van der Waals surface area contributed by atoms with E-state index < -0.39 is 10.0 Å². The lowest BCUT2D eigenvalue weighted by Gasteiger charge is -2.34. The fourth-order valence-corrected chi connectivity index (χ4v) is 5.67. The highest BCUT2D eigenvalue weighted by molar-refractivity contribution is 7.93. The molecule has 36 heavy (non-hydrogen) atoms. The second-order valence-electron chi connectivity index (χ2n) is 9.07. The maximum atomic E-state index is 13.0. The van der Waals surface area contributed by atoms with Crippen molar-refractivity contribution in [3.8, 4) is 0 Å². The van der Waals surface area contributed by atoms with Crippen LogP contribution in [0.2, 0.25) is 0 Å². The van der Waals surface area contributed by atoms with Crippen LogP contribution in [0.4, 0.5) is 5.69 Å². The summed E-state index contributed by atoms with van der Waals surface area (Å²) in [6.07, 6.45) is 1.57. The van der Waals surface area contributed by atoms with Gasteiger partial charge in [-0.05, 0) is 42.0 Å². The minimum absolute atomic E-state index is 0.0438. The molecule has 3 aromatic carbocycles. The third-order valence-electron chi connectivity index (χ3n) is 6.46. The van der Waals surface area contributed by atoms with Gasteiger partial charge in [0, 0.05) is 55.6 Å². The Labute approximate surface area is 212 Å². The first-order valence-corrected chi connectivity index (χ1v) is 13.4. The minimum Gasteiger partial charge on any atom is -0.336 e. The summed E-state index contributed by atoms with van der Waals surface area (Å²) in [5, 5.41) is 0.750. The van der Waals surface area contributed by atoms with E-state index in [2.05, 4.69) is 46.7 Å². The molecular weight excluding hydrogens is 471 g/mol. The van der Waals surface area contributed by atoms with Gasteiger partial charge in [-0.2, -0.15) is 0 Å². The number of aromatic nitrogens is 1. The number of nitrogens with zero attached hydrogens (tertiary/aromatic N) is 3. The molecule has 182 valence electrons. The molecule has 2 heterocycles. The average Bonchev–Trinajstić information content (AvgIpc) is 2.90. The van der Waals surface area contributed by atoms with E-state index in [0.29, 0.717) is 29.9 Å². The molecule has 4 aromatic rings. The van der Waals surface area contributed by atoms with Crippen molar-refractivity contribution in [1.29, 1.82) is 0 Å². The van der Waals surface area contributed by atoms with Gasteiger partial charge in [0.05, 0.1) is 5.52 Å². The zero-order valence-electron chi connectivity index (χ0n) is 20.1. The van der Waals surface area contributed by atoms with Gasteiger partial charge in [-0.15, -0.1) is 0 Å². The van der Waals surface area contributed by atoms with Crippen LogP contribution in [0.1, 0.15) is 15.9 Å². The van der Waals surface area contributed by atoms with Gasteiger partial charge in [0.25, 0.3) is 15.9 Å². The first-order chi connectivity index (χ1) is 17.4. The van der Waals surface area contributed by atoms with E-state index in [1.807, 2.05) is 17.0 Å². The van der Waals surface area contributed by atoms with Gasteiger partial charge in [0.1, 0.15) is 12.7 Å². The molecule has 0 atom stereocenters. The summed E-state index contributed by atoms with van der Waals surface area (Å²) < 4.78 is 28.7. The molecule has 1 aromatic heterocycles. The number of piperazine rings is 1. The summed E-state index contributed by atoms with van der Waals surface area (Å²) in [5.41, 5.74) is 3.87. The molecule has 1 fully saturated rings. The van der Waals surface area contributed by atoms with Gasteiger partial charge >= 0.3 is 0 Å². The summed E-state index contributed by atoms with van der Waals surface area (Å²) >= 11 is 0. The number of para-hydroxylation sites is 1. The second-order valence-corrected chi connectivity index (χ2v) is 10.7. The Morgan fingerprint density at radius 2 is 1.58 bits per heavy atom. The van der Waals surface area contributed by atoms with Crippen molar-refractivity contribution in [1.82, 2.24) is 14.8 Å². The highest BCUT2D eigenvalue weighted by Crippen LogP contribution is 2.23. The van der Waals surface area contributed by atoms with Crippen LogP contribution in [0.25, 0.3) is 10.9 Å². The van der Waals surface area contributed by atoms with E-state index in [4.69, 9.17) is 0 Å². The second kappa shape index (κ2) is 10.1. The molecule has 1 amide bonds. The molecule has 0 radical (unpaired) electrons. The summed E-state index contributed by atoms with van der Waals surface area (Å²) in [6, 6.07) is 23.8. The predicted octanol–water partition coefficient (Wildman–Crippen LogP) is 2.25. The van der Waals surface area contributed by atoms with Crippen molar-refractivity contribution >= 4 is 45.8 Å². The van der Waals surface area contributed by atoms with Crippen molar-refractivity contribution in [2.45, 2.75) is 11.4 Å². The predicted molar refractivity (Wildman–Crippen MR) is 145 cm³/mol. The van der Waals surface area contributed by atoms with Gasteiger partial charge in [0.15, 0.2) is 0 Å². The van der Waals surface area contributed by atoms with Crippen molar-refractivity contribution in [2.24, 2.45) is 0 Å². The molecule has 1 aliphatic rings. The maximum Gasteiger partial charge on any atom is 0.264 e. The van der Waals surface area contributed by atoms with Crippen LogP contribution in [0.15, 0.2) is 90.0 Å². The molecule has 9 heteroatoms. The summed E-state index contributed by atoms with van der Waals surface area (Å²) in [4.78, 5) is 21.6. The summed E-state index contributed by atoms with van der Waals surface area (Å²) in [5.74, 6) is -0.0438. The number of sulfonamides is 1. The lowest BCUT2D eigenvalue weighted by atomic mass is 9.95. The molecule has 0 spiro atoms. The van der Waals surface area contributed by atoms with E-state index in [1.54, 1.807) is 42.6 Å². The normalized spacial score (nSPS) is 14.6. The van der Waals surface area contributed by atoms with E-state index >= 15 is 0 Å². The molecule has 0 aliphatic carbocycles. The number of nitrogens with one attached hydrogen (secondary N) is 1. The van der Waals surface area contributed by atoms with E-state index in [-0.39, 0.29) is 10.8 Å². The van der Waals surface area contributed by atoms with Gasteiger partial charge in [-0.1, -0.05) is 47.9 Å². The largest absolute Gasteiger partial charge is 0.336 e. The third-order valence-corrected chi connectivity index (χ3v) is 7.87. The quantitative estimate of drug-likeness (QED) is 0.413. The van der Waals surface area contributed by atoms with Crippen LogP contribution < -0.4 is 10.2 Å². The Kier molecular flexibility index (Phi) is 6.76. The van der Waals surface area contributed by atoms with Gasteiger partial charge < -0.3 is 4.90 Å². The molecule has 1 saturated heterocycles. The monoisotopic (exact) mass is 498 g/mol. The molecule has 1 aliphatic heterocycles. The Morgan fingerprint density at radius 3 is 2.31 bits per heavy atom. The van der Waals surface area contributed by atoms with Crippen LogP contribution >= 0.6 is 0 Å². The van der Waals surface area contributed by atoms with Crippen LogP contribution in [0.5, 0.6) is 0 Å². The lowest BCUT2D eigenvalue weighted by Crippen LogP contribution is -2.48. The number of amides is 1. The fraction of sp³-hybridized carbons (Fsp3) is 0.185. The third kappa shape index (κ3) is 5.27. The van der Waals surface area contributed by atoms with Crippen LogP contribution in [-0.4, -0.2) is 63.1 Å². The molecule has 0 saturated carbocycles. The molecular formula is C27H27BN4O3S. The number of carbonyl (C=O) groups excluding carboxylic acids is 1. The average molecular weight is 498 g/mol.